The maximum Gasteiger partial charge on any atom is 0.0918 e. The van der Waals surface area contributed by atoms with Gasteiger partial charge in [0.15, 0.2) is 0 Å². The summed E-state index contributed by atoms with van der Waals surface area (Å²) in [6.45, 7) is 0.549. The van der Waals surface area contributed by atoms with Crippen molar-refractivity contribution in [2.75, 3.05) is 25.4 Å². The zero-order valence-electron chi connectivity index (χ0n) is 7.69. The van der Waals surface area contributed by atoms with Gasteiger partial charge in [-0.3, -0.25) is 0 Å². The average Bonchev–Trinajstić information content (AvgIpc) is 2.15. The van der Waals surface area contributed by atoms with E-state index in [1.54, 1.807) is 17.8 Å². The van der Waals surface area contributed by atoms with Gasteiger partial charge in [0.05, 0.1) is 44.1 Å². The van der Waals surface area contributed by atoms with Crippen LogP contribution < -0.4 is 0 Å². The Morgan fingerprint density at radius 3 is 2.23 bits per heavy atom. The first-order valence-corrected chi connectivity index (χ1v) is 5.14. The molecule has 0 aliphatic carbocycles. The van der Waals surface area contributed by atoms with Crippen molar-refractivity contribution in [1.29, 1.82) is 10.5 Å². The summed E-state index contributed by atoms with van der Waals surface area (Å²) in [5, 5.41) is 23.5. The van der Waals surface area contributed by atoms with Crippen LogP contribution in [-0.2, 0) is 4.74 Å². The molecule has 0 heterocycles. The van der Waals surface area contributed by atoms with E-state index in [-0.39, 0.29) is 13.0 Å². The Labute approximate surface area is 83.1 Å². The summed E-state index contributed by atoms with van der Waals surface area (Å²) in [5.74, 6) is 0.696. The molecule has 0 fully saturated rings. The van der Waals surface area contributed by atoms with E-state index in [1.165, 1.54) is 0 Å². The molecular weight excluding hydrogens is 188 g/mol. The highest BCUT2D eigenvalue weighted by molar-refractivity contribution is 7.98. The van der Waals surface area contributed by atoms with E-state index in [1.807, 2.05) is 12.3 Å². The average molecular weight is 202 g/mol. The SMILES string of the molecule is CSCOCCC#N.N#CCCO. The smallest absolute Gasteiger partial charge is 0.0918 e. The number of aliphatic hydroxyl groups excluding tert-OH is 1. The van der Waals surface area contributed by atoms with E-state index >= 15 is 0 Å². The number of nitriles is 2. The van der Waals surface area contributed by atoms with Gasteiger partial charge in [-0.25, -0.2) is 0 Å². The normalized spacial score (nSPS) is 7.69. The first-order chi connectivity index (χ1) is 6.33. The predicted molar refractivity (Wildman–Crippen MR) is 51.9 cm³/mol. The Hall–Kier alpha value is -0.750. The molecule has 0 atom stereocenters. The van der Waals surface area contributed by atoms with Crippen molar-refractivity contribution in [3.63, 3.8) is 0 Å². The van der Waals surface area contributed by atoms with Crippen LogP contribution in [0, 0.1) is 22.7 Å². The summed E-state index contributed by atoms with van der Waals surface area (Å²) in [7, 11) is 0. The van der Waals surface area contributed by atoms with Crippen LogP contribution in [-0.4, -0.2) is 30.5 Å². The van der Waals surface area contributed by atoms with Gasteiger partial charge in [0.2, 0.25) is 0 Å². The zero-order valence-corrected chi connectivity index (χ0v) is 8.51. The molecule has 0 amide bonds. The van der Waals surface area contributed by atoms with Crippen molar-refractivity contribution >= 4 is 11.8 Å². The molecule has 0 aromatic carbocycles. The Kier molecular flexibility index (Phi) is 19.7. The molecule has 0 saturated heterocycles. The molecule has 74 valence electrons. The molecule has 0 aromatic heterocycles. The molecule has 0 aliphatic rings. The van der Waals surface area contributed by atoms with Gasteiger partial charge in [0.25, 0.3) is 0 Å². The first kappa shape index (κ1) is 14.8. The van der Waals surface area contributed by atoms with Crippen LogP contribution in [0.1, 0.15) is 12.8 Å². The van der Waals surface area contributed by atoms with Crippen molar-refractivity contribution in [1.82, 2.24) is 0 Å². The highest BCUT2D eigenvalue weighted by Gasteiger charge is 1.81. The number of nitrogens with zero attached hydrogens (tertiary/aromatic N) is 2. The van der Waals surface area contributed by atoms with E-state index < -0.39 is 0 Å². The zero-order chi connectivity index (χ0) is 10.4. The van der Waals surface area contributed by atoms with Gasteiger partial charge >= 0.3 is 0 Å². The predicted octanol–water partition coefficient (Wildman–Crippen LogP) is 1.13. The number of rotatable bonds is 5. The lowest BCUT2D eigenvalue weighted by molar-refractivity contribution is 0.190. The fourth-order valence-electron chi connectivity index (χ4n) is 0.310. The van der Waals surface area contributed by atoms with Gasteiger partial charge in [-0.15, -0.1) is 11.8 Å². The third-order valence-electron chi connectivity index (χ3n) is 0.783. The summed E-state index contributed by atoms with van der Waals surface area (Å²) >= 11 is 1.62. The number of hydrogen-bond donors (Lipinski definition) is 1. The van der Waals surface area contributed by atoms with E-state index in [4.69, 9.17) is 20.4 Å². The molecule has 0 saturated carbocycles. The molecule has 0 aromatic rings. The lowest BCUT2D eigenvalue weighted by Crippen LogP contribution is -1.90. The Morgan fingerprint density at radius 2 is 1.92 bits per heavy atom. The van der Waals surface area contributed by atoms with E-state index in [9.17, 15) is 0 Å². The molecule has 0 bridgehead atoms. The largest absolute Gasteiger partial charge is 0.395 e. The van der Waals surface area contributed by atoms with Gasteiger partial charge < -0.3 is 9.84 Å². The molecule has 0 unspecified atom stereocenters. The van der Waals surface area contributed by atoms with Crippen LogP contribution in [0.3, 0.4) is 0 Å². The van der Waals surface area contributed by atoms with Crippen LogP contribution in [0.25, 0.3) is 0 Å². The van der Waals surface area contributed by atoms with E-state index in [2.05, 4.69) is 0 Å². The molecular formula is C8H14N2O2S. The summed E-state index contributed by atoms with van der Waals surface area (Å²) in [6.07, 6.45) is 2.72. The second-order valence-electron chi connectivity index (χ2n) is 1.85. The number of ether oxygens (including phenoxy) is 1. The summed E-state index contributed by atoms with van der Waals surface area (Å²) in [5.41, 5.74) is 0. The second kappa shape index (κ2) is 17.4. The van der Waals surface area contributed by atoms with Gasteiger partial charge in [-0.2, -0.15) is 10.5 Å². The monoisotopic (exact) mass is 202 g/mol. The molecule has 4 nitrogen and oxygen atoms in total. The lowest BCUT2D eigenvalue weighted by Gasteiger charge is -1.94. The summed E-state index contributed by atoms with van der Waals surface area (Å²) in [4.78, 5) is 0. The third kappa shape index (κ3) is 24.6. The highest BCUT2D eigenvalue weighted by Crippen LogP contribution is 1.91. The third-order valence-corrected chi connectivity index (χ3v) is 1.19. The molecule has 0 aliphatic heterocycles. The first-order valence-electron chi connectivity index (χ1n) is 3.74. The maximum atomic E-state index is 8.03. The Bertz CT molecular complexity index is 163. The Morgan fingerprint density at radius 1 is 1.31 bits per heavy atom. The van der Waals surface area contributed by atoms with Crippen LogP contribution in [0.15, 0.2) is 0 Å². The van der Waals surface area contributed by atoms with Crippen molar-refractivity contribution in [3.05, 3.63) is 0 Å². The molecule has 0 radical (unpaired) electrons. The van der Waals surface area contributed by atoms with Crippen LogP contribution >= 0.6 is 11.8 Å². The number of hydrogen-bond acceptors (Lipinski definition) is 5. The van der Waals surface area contributed by atoms with Crippen LogP contribution in [0.5, 0.6) is 0 Å². The minimum Gasteiger partial charge on any atom is -0.395 e. The minimum absolute atomic E-state index is 0.0174. The number of aliphatic hydroxyl groups is 1. The van der Waals surface area contributed by atoms with Crippen molar-refractivity contribution < 1.29 is 9.84 Å². The van der Waals surface area contributed by atoms with Crippen LogP contribution in [0.4, 0.5) is 0 Å². The summed E-state index contributed by atoms with van der Waals surface area (Å²) in [6, 6.07) is 3.76. The van der Waals surface area contributed by atoms with E-state index in [0.717, 1.165) is 0 Å². The van der Waals surface area contributed by atoms with E-state index in [0.29, 0.717) is 19.0 Å². The van der Waals surface area contributed by atoms with Gasteiger partial charge in [0.1, 0.15) is 0 Å². The maximum absolute atomic E-state index is 8.03. The van der Waals surface area contributed by atoms with Gasteiger partial charge in [-0.1, -0.05) is 0 Å². The minimum atomic E-state index is -0.0174. The molecule has 13 heavy (non-hydrogen) atoms. The quantitative estimate of drug-likeness (QED) is 0.534. The second-order valence-corrected chi connectivity index (χ2v) is 2.67. The topological polar surface area (TPSA) is 77.0 Å². The van der Waals surface area contributed by atoms with Crippen molar-refractivity contribution in [2.24, 2.45) is 0 Å². The van der Waals surface area contributed by atoms with Crippen molar-refractivity contribution in [3.8, 4) is 12.1 Å². The highest BCUT2D eigenvalue weighted by atomic mass is 32.2. The fraction of sp³-hybridized carbons (Fsp3) is 0.750. The molecule has 1 N–H and O–H groups in total. The standard InChI is InChI=1S/C5H9NOS.C3H5NO/c1-8-5-7-4-2-3-6;4-2-1-3-5/h2,4-5H2,1H3;5H,1,3H2. The van der Waals surface area contributed by atoms with Crippen LogP contribution in [0.2, 0.25) is 0 Å². The lowest BCUT2D eigenvalue weighted by atomic mass is 10.5. The molecule has 0 rings (SSSR count). The summed E-state index contributed by atoms with van der Waals surface area (Å²) < 4.78 is 4.96. The fourth-order valence-corrected chi connectivity index (χ4v) is 0.595. The van der Waals surface area contributed by atoms with Crippen molar-refractivity contribution in [2.45, 2.75) is 12.8 Å². The number of thioether (sulfide) groups is 1. The molecule has 0 spiro atoms. The Balaban J connectivity index is 0. The molecule has 5 heteroatoms. The van der Waals surface area contributed by atoms with Gasteiger partial charge in [-0.05, 0) is 6.26 Å². The van der Waals surface area contributed by atoms with Gasteiger partial charge in [0, 0.05) is 0 Å².